The maximum atomic E-state index is 11.6. The van der Waals surface area contributed by atoms with Crippen molar-refractivity contribution in [2.45, 2.75) is 55.4 Å². The Morgan fingerprint density at radius 2 is 1.83 bits per heavy atom. The van der Waals surface area contributed by atoms with Crippen LogP contribution < -0.4 is 0 Å². The third-order valence-corrected chi connectivity index (χ3v) is 6.65. The van der Waals surface area contributed by atoms with E-state index in [1.54, 1.807) is 0 Å². The van der Waals surface area contributed by atoms with E-state index in [9.17, 15) is 13.5 Å². The fourth-order valence-electron chi connectivity index (χ4n) is 3.63. The topological polar surface area (TPSA) is 57.6 Å². The van der Waals surface area contributed by atoms with Crippen LogP contribution in [-0.4, -0.2) is 54.7 Å². The number of rotatable bonds is 3. The van der Waals surface area contributed by atoms with Crippen molar-refractivity contribution < 1.29 is 13.5 Å². The molecule has 2 aliphatic carbocycles. The molecule has 1 aliphatic heterocycles. The van der Waals surface area contributed by atoms with Gasteiger partial charge in [0.15, 0.2) is 0 Å². The predicted molar refractivity (Wildman–Crippen MR) is 70.1 cm³/mol. The average Bonchev–Trinajstić information content (AvgIpc) is 3.08. The van der Waals surface area contributed by atoms with Gasteiger partial charge in [0.2, 0.25) is 0 Å². The Hall–Kier alpha value is -0.130. The van der Waals surface area contributed by atoms with Gasteiger partial charge in [0, 0.05) is 25.4 Å². The third-order valence-electron chi connectivity index (χ3n) is 5.01. The lowest BCUT2D eigenvalue weighted by Gasteiger charge is -2.52. The maximum absolute atomic E-state index is 11.6. The number of sulfone groups is 1. The van der Waals surface area contributed by atoms with Crippen molar-refractivity contribution in [1.82, 2.24) is 4.90 Å². The van der Waals surface area contributed by atoms with Crippen LogP contribution in [0.4, 0.5) is 0 Å². The highest BCUT2D eigenvalue weighted by Gasteiger charge is 2.53. The summed E-state index contributed by atoms with van der Waals surface area (Å²) in [6, 6.07) is 0.373. The Labute approximate surface area is 109 Å². The molecule has 1 heterocycles. The summed E-state index contributed by atoms with van der Waals surface area (Å²) in [6.45, 7) is 1.53. The predicted octanol–water partition coefficient (Wildman–Crippen LogP) is 0.799. The van der Waals surface area contributed by atoms with Crippen LogP contribution in [-0.2, 0) is 9.84 Å². The van der Waals surface area contributed by atoms with E-state index in [4.69, 9.17) is 0 Å². The fraction of sp³-hybridized carbons (Fsp3) is 1.00. The SMILES string of the molecule is CS(=O)(=O)C1CCCC(N2CC(O)(C3CC3)C2)C1. The van der Waals surface area contributed by atoms with Gasteiger partial charge in [-0.3, -0.25) is 4.90 Å². The van der Waals surface area contributed by atoms with Gasteiger partial charge in [-0.15, -0.1) is 0 Å². The minimum Gasteiger partial charge on any atom is -0.387 e. The van der Waals surface area contributed by atoms with Crippen molar-refractivity contribution in [3.8, 4) is 0 Å². The highest BCUT2D eigenvalue weighted by Crippen LogP contribution is 2.46. The summed E-state index contributed by atoms with van der Waals surface area (Å²) in [5.41, 5.74) is -0.446. The second-order valence-corrected chi connectivity index (χ2v) is 8.88. The standard InChI is InChI=1S/C13H23NO3S/c1-18(16,17)12-4-2-3-11(7-12)14-8-13(15,9-14)10-5-6-10/h10-12,15H,2-9H2,1H3. The van der Waals surface area contributed by atoms with E-state index in [-0.39, 0.29) is 5.25 Å². The molecular weight excluding hydrogens is 250 g/mol. The number of β-amino-alcohol motifs (C(OH)–C–C–N with tert-alkyl or cyclic N) is 1. The lowest BCUT2D eigenvalue weighted by atomic mass is 9.83. The summed E-state index contributed by atoms with van der Waals surface area (Å²) in [4.78, 5) is 2.30. The zero-order valence-corrected chi connectivity index (χ0v) is 11.8. The molecule has 2 atom stereocenters. The highest BCUT2D eigenvalue weighted by atomic mass is 32.2. The molecule has 0 spiro atoms. The van der Waals surface area contributed by atoms with E-state index < -0.39 is 15.4 Å². The molecular formula is C13H23NO3S. The fourth-order valence-corrected chi connectivity index (χ4v) is 4.80. The number of hydrogen-bond acceptors (Lipinski definition) is 4. The Bertz CT molecular complexity index is 424. The number of nitrogens with zero attached hydrogens (tertiary/aromatic N) is 1. The largest absolute Gasteiger partial charge is 0.387 e. The van der Waals surface area contributed by atoms with Crippen LogP contribution in [0.5, 0.6) is 0 Å². The minimum absolute atomic E-state index is 0.161. The quantitative estimate of drug-likeness (QED) is 0.826. The van der Waals surface area contributed by atoms with Crippen LogP contribution in [0, 0.1) is 5.92 Å². The van der Waals surface area contributed by atoms with Gasteiger partial charge in [-0.25, -0.2) is 8.42 Å². The van der Waals surface area contributed by atoms with Crippen LogP contribution in [0.1, 0.15) is 38.5 Å². The number of likely N-dealkylation sites (tertiary alicyclic amines) is 1. The van der Waals surface area contributed by atoms with Crippen LogP contribution in [0.3, 0.4) is 0 Å². The van der Waals surface area contributed by atoms with Gasteiger partial charge in [0.25, 0.3) is 0 Å². The van der Waals surface area contributed by atoms with Crippen molar-refractivity contribution in [2.24, 2.45) is 5.92 Å². The molecule has 3 aliphatic rings. The van der Waals surface area contributed by atoms with Crippen LogP contribution in [0.2, 0.25) is 0 Å². The lowest BCUT2D eigenvalue weighted by molar-refractivity contribution is -0.133. The Morgan fingerprint density at radius 1 is 1.17 bits per heavy atom. The maximum Gasteiger partial charge on any atom is 0.150 e. The minimum atomic E-state index is -2.90. The summed E-state index contributed by atoms with van der Waals surface area (Å²) in [6.07, 6.45) is 7.36. The average molecular weight is 273 g/mol. The molecule has 0 amide bonds. The molecule has 3 fully saturated rings. The first-order valence-electron chi connectivity index (χ1n) is 7.04. The molecule has 2 unspecified atom stereocenters. The van der Waals surface area contributed by atoms with Crippen molar-refractivity contribution in [3.63, 3.8) is 0 Å². The van der Waals surface area contributed by atoms with Gasteiger partial charge in [-0.05, 0) is 38.0 Å². The van der Waals surface area contributed by atoms with Gasteiger partial charge in [0.05, 0.1) is 10.9 Å². The summed E-state index contributed by atoms with van der Waals surface area (Å²) < 4.78 is 23.3. The molecule has 3 rings (SSSR count). The van der Waals surface area contributed by atoms with Crippen molar-refractivity contribution in [2.75, 3.05) is 19.3 Å². The van der Waals surface area contributed by atoms with Crippen molar-refractivity contribution >= 4 is 9.84 Å². The molecule has 1 saturated heterocycles. The van der Waals surface area contributed by atoms with Crippen molar-refractivity contribution in [3.05, 3.63) is 0 Å². The highest BCUT2D eigenvalue weighted by molar-refractivity contribution is 7.91. The molecule has 104 valence electrons. The molecule has 4 nitrogen and oxygen atoms in total. The third kappa shape index (κ3) is 2.32. The molecule has 5 heteroatoms. The van der Waals surface area contributed by atoms with Crippen LogP contribution >= 0.6 is 0 Å². The zero-order valence-electron chi connectivity index (χ0n) is 11.0. The number of hydrogen-bond donors (Lipinski definition) is 1. The Balaban J connectivity index is 1.58. The molecule has 1 N–H and O–H groups in total. The van der Waals surface area contributed by atoms with Gasteiger partial charge in [-0.2, -0.15) is 0 Å². The molecule has 0 aromatic carbocycles. The summed E-state index contributed by atoms with van der Waals surface area (Å²) in [5, 5.41) is 10.2. The Morgan fingerprint density at radius 3 is 2.39 bits per heavy atom. The molecule has 0 bridgehead atoms. The zero-order chi connectivity index (χ0) is 13.0. The smallest absolute Gasteiger partial charge is 0.150 e. The van der Waals surface area contributed by atoms with Gasteiger partial charge in [-0.1, -0.05) is 6.42 Å². The van der Waals surface area contributed by atoms with E-state index in [0.717, 1.165) is 38.8 Å². The molecule has 0 aromatic rings. The summed E-state index contributed by atoms with van der Waals surface area (Å²) in [7, 11) is -2.90. The summed E-state index contributed by atoms with van der Waals surface area (Å²) in [5.74, 6) is 0.517. The molecule has 0 aromatic heterocycles. The van der Waals surface area contributed by atoms with E-state index in [2.05, 4.69) is 4.90 Å². The van der Waals surface area contributed by atoms with Gasteiger partial charge < -0.3 is 5.11 Å². The number of aliphatic hydroxyl groups is 1. The van der Waals surface area contributed by atoms with E-state index in [1.807, 2.05) is 0 Å². The lowest BCUT2D eigenvalue weighted by Crippen LogP contribution is -2.66. The first-order chi connectivity index (χ1) is 8.38. The molecule has 18 heavy (non-hydrogen) atoms. The van der Waals surface area contributed by atoms with Crippen LogP contribution in [0.25, 0.3) is 0 Å². The van der Waals surface area contributed by atoms with E-state index in [1.165, 1.54) is 19.1 Å². The second-order valence-electron chi connectivity index (χ2n) is 6.55. The van der Waals surface area contributed by atoms with Gasteiger partial charge in [0.1, 0.15) is 9.84 Å². The second kappa shape index (κ2) is 4.18. The first kappa shape index (κ1) is 12.9. The Kier molecular flexibility index (Phi) is 2.99. The van der Waals surface area contributed by atoms with Crippen LogP contribution in [0.15, 0.2) is 0 Å². The summed E-state index contributed by atoms with van der Waals surface area (Å²) >= 11 is 0. The van der Waals surface area contributed by atoms with Crippen molar-refractivity contribution in [1.29, 1.82) is 0 Å². The van der Waals surface area contributed by atoms with E-state index in [0.29, 0.717) is 12.0 Å². The van der Waals surface area contributed by atoms with E-state index >= 15 is 0 Å². The monoisotopic (exact) mass is 273 g/mol. The molecule has 2 saturated carbocycles. The molecule has 0 radical (unpaired) electrons. The van der Waals surface area contributed by atoms with Gasteiger partial charge >= 0.3 is 0 Å². The first-order valence-corrected chi connectivity index (χ1v) is 8.99. The normalized spacial score (nSPS) is 37.2.